The molecule has 2 rings (SSSR count). The fraction of sp³-hybridized carbons (Fsp3) is 0.111. The van der Waals surface area contributed by atoms with Crippen molar-refractivity contribution in [2.45, 2.75) is 6.42 Å². The molecule has 0 N–H and O–H groups in total. The molecule has 0 radical (unpaired) electrons. The summed E-state index contributed by atoms with van der Waals surface area (Å²) in [6, 6.07) is 0. The number of rotatable bonds is 1. The molecule has 0 atom stereocenters. The molecule has 64 valence electrons. The van der Waals surface area contributed by atoms with Crippen molar-refractivity contribution in [1.29, 1.82) is 0 Å². The smallest absolute Gasteiger partial charge is 0.164 e. The third-order valence-electron chi connectivity index (χ3n) is 1.61. The zero-order valence-electron chi connectivity index (χ0n) is 6.96. The molecule has 0 fully saturated rings. The van der Waals surface area contributed by atoms with Gasteiger partial charge in [0.15, 0.2) is 5.82 Å². The van der Waals surface area contributed by atoms with E-state index >= 15 is 0 Å². The molecule has 0 saturated heterocycles. The van der Waals surface area contributed by atoms with Crippen LogP contribution in [0.25, 0.3) is 5.57 Å². The molecule has 13 heavy (non-hydrogen) atoms. The first-order valence-electron chi connectivity index (χ1n) is 3.97. The summed E-state index contributed by atoms with van der Waals surface area (Å²) in [4.78, 5) is 15.9. The molecule has 0 saturated carbocycles. The van der Waals surface area contributed by atoms with Crippen LogP contribution in [0.4, 0.5) is 0 Å². The third-order valence-corrected chi connectivity index (χ3v) is 1.61. The van der Waals surface area contributed by atoms with E-state index in [1.165, 1.54) is 12.7 Å². The summed E-state index contributed by atoms with van der Waals surface area (Å²) in [5, 5.41) is 0. The van der Waals surface area contributed by atoms with Gasteiger partial charge in [-0.3, -0.25) is 4.99 Å². The summed E-state index contributed by atoms with van der Waals surface area (Å²) in [5.74, 6) is 0.658. The van der Waals surface area contributed by atoms with E-state index in [4.69, 9.17) is 0 Å². The monoisotopic (exact) mass is 172 g/mol. The van der Waals surface area contributed by atoms with Gasteiger partial charge in [-0.25, -0.2) is 15.0 Å². The highest BCUT2D eigenvalue weighted by molar-refractivity contribution is 5.74. The van der Waals surface area contributed by atoms with Gasteiger partial charge in [-0.1, -0.05) is 12.2 Å². The molecule has 1 aromatic rings. The van der Waals surface area contributed by atoms with Gasteiger partial charge in [0.05, 0.1) is 0 Å². The van der Waals surface area contributed by atoms with Crippen molar-refractivity contribution in [3.8, 4) is 0 Å². The van der Waals surface area contributed by atoms with E-state index < -0.39 is 0 Å². The lowest BCUT2D eigenvalue weighted by atomic mass is 10.2. The Bertz CT molecular complexity index is 364. The van der Waals surface area contributed by atoms with Crippen LogP contribution in [0.3, 0.4) is 0 Å². The first kappa shape index (κ1) is 7.79. The fourth-order valence-corrected chi connectivity index (χ4v) is 1.01. The maximum Gasteiger partial charge on any atom is 0.164 e. The minimum absolute atomic E-state index is 0.658. The van der Waals surface area contributed by atoms with Crippen LogP contribution in [0, 0.1) is 0 Å². The molecule has 0 unspecified atom stereocenters. The van der Waals surface area contributed by atoms with E-state index in [1.54, 1.807) is 6.20 Å². The summed E-state index contributed by atoms with van der Waals surface area (Å²) in [7, 11) is 0. The lowest BCUT2D eigenvalue weighted by molar-refractivity contribution is 1.02. The molecule has 0 spiro atoms. The predicted molar refractivity (Wildman–Crippen MR) is 50.1 cm³/mol. The highest BCUT2D eigenvalue weighted by Crippen LogP contribution is 2.11. The van der Waals surface area contributed by atoms with Crippen LogP contribution < -0.4 is 0 Å². The van der Waals surface area contributed by atoms with Gasteiger partial charge in [0.2, 0.25) is 0 Å². The predicted octanol–water partition coefficient (Wildman–Crippen LogP) is 1.24. The molecular weight excluding hydrogens is 164 g/mol. The Morgan fingerprint density at radius 3 is 2.85 bits per heavy atom. The number of nitrogens with zero attached hydrogens (tertiary/aromatic N) is 4. The van der Waals surface area contributed by atoms with Crippen LogP contribution in [0.15, 0.2) is 36.0 Å². The zero-order valence-corrected chi connectivity index (χ0v) is 6.96. The molecule has 0 bridgehead atoms. The Morgan fingerprint density at radius 1 is 1.15 bits per heavy atom. The normalized spacial score (nSPS) is 15.2. The van der Waals surface area contributed by atoms with Crippen molar-refractivity contribution in [2.24, 2.45) is 4.99 Å². The molecule has 2 heterocycles. The summed E-state index contributed by atoms with van der Waals surface area (Å²) in [6.45, 7) is 0. The molecular formula is C9H8N4. The van der Waals surface area contributed by atoms with Crippen molar-refractivity contribution < 1.29 is 0 Å². The summed E-state index contributed by atoms with van der Waals surface area (Å²) >= 11 is 0. The van der Waals surface area contributed by atoms with Crippen molar-refractivity contribution in [2.75, 3.05) is 0 Å². The van der Waals surface area contributed by atoms with Crippen molar-refractivity contribution in [3.63, 3.8) is 0 Å². The quantitative estimate of drug-likeness (QED) is 0.640. The second kappa shape index (κ2) is 3.71. The molecule has 1 aromatic heterocycles. The van der Waals surface area contributed by atoms with E-state index in [0.717, 1.165) is 12.0 Å². The van der Waals surface area contributed by atoms with Gasteiger partial charge in [0.1, 0.15) is 12.7 Å². The summed E-state index contributed by atoms with van der Waals surface area (Å²) < 4.78 is 0. The van der Waals surface area contributed by atoms with E-state index in [1.807, 2.05) is 18.4 Å². The van der Waals surface area contributed by atoms with Crippen LogP contribution in [-0.2, 0) is 0 Å². The van der Waals surface area contributed by atoms with Gasteiger partial charge in [0, 0.05) is 24.4 Å². The Labute approximate surface area is 75.8 Å². The SMILES string of the molecule is C1=CC(c2ncncn2)=CN=CC1. The third kappa shape index (κ3) is 1.84. The van der Waals surface area contributed by atoms with Crippen LogP contribution in [-0.4, -0.2) is 21.2 Å². The minimum atomic E-state index is 0.658. The number of aromatic nitrogens is 3. The van der Waals surface area contributed by atoms with Crippen molar-refractivity contribution in [3.05, 3.63) is 36.8 Å². The lowest BCUT2D eigenvalue weighted by Gasteiger charge is -1.95. The fourth-order valence-electron chi connectivity index (χ4n) is 1.01. The van der Waals surface area contributed by atoms with Crippen molar-refractivity contribution >= 4 is 11.8 Å². The highest BCUT2D eigenvalue weighted by Gasteiger charge is 2.00. The highest BCUT2D eigenvalue weighted by atomic mass is 15.0. The Balaban J connectivity index is 2.36. The lowest BCUT2D eigenvalue weighted by Crippen LogP contribution is -1.91. The van der Waals surface area contributed by atoms with Gasteiger partial charge in [-0.2, -0.15) is 0 Å². The van der Waals surface area contributed by atoms with Gasteiger partial charge < -0.3 is 0 Å². The Kier molecular flexibility index (Phi) is 2.22. The molecule has 1 aliphatic rings. The summed E-state index contributed by atoms with van der Waals surface area (Å²) in [6.07, 6.45) is 11.4. The molecule has 0 aromatic carbocycles. The van der Waals surface area contributed by atoms with E-state index in [-0.39, 0.29) is 0 Å². The van der Waals surface area contributed by atoms with Gasteiger partial charge >= 0.3 is 0 Å². The van der Waals surface area contributed by atoms with Gasteiger partial charge in [-0.05, 0) is 0 Å². The van der Waals surface area contributed by atoms with Gasteiger partial charge in [0.25, 0.3) is 0 Å². The Morgan fingerprint density at radius 2 is 2.00 bits per heavy atom. The number of hydrogen-bond donors (Lipinski definition) is 0. The van der Waals surface area contributed by atoms with Crippen LogP contribution in [0.2, 0.25) is 0 Å². The van der Waals surface area contributed by atoms with E-state index in [9.17, 15) is 0 Å². The van der Waals surface area contributed by atoms with E-state index in [0.29, 0.717) is 5.82 Å². The second-order valence-corrected chi connectivity index (χ2v) is 2.52. The molecule has 1 aliphatic heterocycles. The molecule has 4 nitrogen and oxygen atoms in total. The van der Waals surface area contributed by atoms with Crippen LogP contribution in [0.1, 0.15) is 12.2 Å². The number of aliphatic imine (C=N–C) groups is 1. The minimum Gasteiger partial charge on any atom is -0.268 e. The summed E-state index contributed by atoms with van der Waals surface area (Å²) in [5.41, 5.74) is 0.913. The Hall–Kier alpha value is -1.84. The number of allylic oxidation sites excluding steroid dienone is 3. The van der Waals surface area contributed by atoms with Crippen LogP contribution in [0.5, 0.6) is 0 Å². The van der Waals surface area contributed by atoms with E-state index in [2.05, 4.69) is 19.9 Å². The average molecular weight is 172 g/mol. The van der Waals surface area contributed by atoms with Crippen molar-refractivity contribution in [1.82, 2.24) is 15.0 Å². The molecule has 0 aliphatic carbocycles. The first-order chi connectivity index (χ1) is 6.47. The number of hydrogen-bond acceptors (Lipinski definition) is 4. The molecule has 0 amide bonds. The topological polar surface area (TPSA) is 51.0 Å². The van der Waals surface area contributed by atoms with Crippen LogP contribution >= 0.6 is 0 Å². The molecule has 4 heteroatoms. The maximum absolute atomic E-state index is 4.08. The zero-order chi connectivity index (χ0) is 8.93. The first-order valence-corrected chi connectivity index (χ1v) is 3.97. The van der Waals surface area contributed by atoms with Gasteiger partial charge in [-0.15, -0.1) is 0 Å². The second-order valence-electron chi connectivity index (χ2n) is 2.52. The standard InChI is InChI=1S/C9H8N4/c1-2-4-10-5-8(3-1)9-12-6-11-7-13-9/h1,3-7H,2H2. The average Bonchev–Trinajstić information content (AvgIpc) is 2.47. The maximum atomic E-state index is 4.08. The largest absolute Gasteiger partial charge is 0.268 e.